The SMILES string of the molecule is Cc1nn(C(C)C)cc1C(=O)Nc1nc(-c2ccc3c(c2)CCC(O)N3Cc2cccnc2)cs1. The number of aromatic nitrogens is 4. The maximum Gasteiger partial charge on any atom is 0.260 e. The van der Waals surface area contributed by atoms with E-state index in [-0.39, 0.29) is 11.9 Å². The van der Waals surface area contributed by atoms with Crippen molar-refractivity contribution in [1.82, 2.24) is 19.7 Å². The van der Waals surface area contributed by atoms with Gasteiger partial charge in [-0.2, -0.15) is 5.10 Å². The van der Waals surface area contributed by atoms with Crippen LogP contribution in [-0.4, -0.2) is 37.0 Å². The predicted molar refractivity (Wildman–Crippen MR) is 138 cm³/mol. The van der Waals surface area contributed by atoms with Crippen LogP contribution in [0.5, 0.6) is 0 Å². The molecule has 9 heteroatoms. The van der Waals surface area contributed by atoms with E-state index in [1.54, 1.807) is 17.1 Å². The van der Waals surface area contributed by atoms with Gasteiger partial charge < -0.3 is 10.0 Å². The summed E-state index contributed by atoms with van der Waals surface area (Å²) in [5.41, 5.74) is 6.30. The quantitative estimate of drug-likeness (QED) is 0.404. The smallest absolute Gasteiger partial charge is 0.260 e. The van der Waals surface area contributed by atoms with Crippen LogP contribution in [0.4, 0.5) is 10.8 Å². The first-order valence-electron chi connectivity index (χ1n) is 11.7. The number of aliphatic hydroxyl groups excluding tert-OH is 1. The third-order valence-corrected chi connectivity index (χ3v) is 6.96. The lowest BCUT2D eigenvalue weighted by Crippen LogP contribution is -2.38. The molecule has 1 unspecified atom stereocenters. The second-order valence-corrected chi connectivity index (χ2v) is 9.90. The minimum Gasteiger partial charge on any atom is -0.374 e. The number of anilines is 2. The van der Waals surface area contributed by atoms with Gasteiger partial charge in [0.2, 0.25) is 0 Å². The van der Waals surface area contributed by atoms with E-state index in [9.17, 15) is 9.90 Å². The topological polar surface area (TPSA) is 96.2 Å². The number of rotatable bonds is 6. The van der Waals surface area contributed by atoms with Crippen molar-refractivity contribution in [3.63, 3.8) is 0 Å². The standard InChI is InChI=1S/C26H28N6O2S/c1-16(2)32-14-21(17(3)30-32)25(34)29-26-28-22(15-35-26)19-6-8-23-20(11-19)7-9-24(33)31(23)13-18-5-4-10-27-12-18/h4-6,8,10-12,14-16,24,33H,7,9,13H2,1-3H3,(H,28,29,34). The van der Waals surface area contributed by atoms with Gasteiger partial charge in [0.1, 0.15) is 6.23 Å². The summed E-state index contributed by atoms with van der Waals surface area (Å²) >= 11 is 1.40. The number of aryl methyl sites for hydroxylation is 2. The van der Waals surface area contributed by atoms with Crippen molar-refractivity contribution in [2.24, 2.45) is 0 Å². The molecule has 180 valence electrons. The number of nitrogens with one attached hydrogen (secondary N) is 1. The third kappa shape index (κ3) is 4.82. The van der Waals surface area contributed by atoms with Gasteiger partial charge >= 0.3 is 0 Å². The molecule has 2 N–H and O–H groups in total. The first-order chi connectivity index (χ1) is 16.9. The van der Waals surface area contributed by atoms with Crippen molar-refractivity contribution in [3.8, 4) is 11.3 Å². The van der Waals surface area contributed by atoms with Crippen LogP contribution in [0.25, 0.3) is 11.3 Å². The summed E-state index contributed by atoms with van der Waals surface area (Å²) in [7, 11) is 0. The van der Waals surface area contributed by atoms with Crippen molar-refractivity contribution in [2.75, 3.05) is 10.2 Å². The van der Waals surface area contributed by atoms with Crippen LogP contribution in [0.1, 0.15) is 53.5 Å². The molecule has 0 saturated carbocycles. The molecule has 8 nitrogen and oxygen atoms in total. The zero-order valence-electron chi connectivity index (χ0n) is 20.0. The van der Waals surface area contributed by atoms with Crippen molar-refractivity contribution in [1.29, 1.82) is 0 Å². The molecule has 1 aliphatic rings. The van der Waals surface area contributed by atoms with E-state index in [1.165, 1.54) is 16.9 Å². The summed E-state index contributed by atoms with van der Waals surface area (Å²) < 4.78 is 1.79. The lowest BCUT2D eigenvalue weighted by molar-refractivity contribution is 0.102. The highest BCUT2D eigenvalue weighted by atomic mass is 32.1. The summed E-state index contributed by atoms with van der Waals surface area (Å²) in [5, 5.41) is 20.5. The molecule has 0 fully saturated rings. The Kier molecular flexibility index (Phi) is 6.36. The highest BCUT2D eigenvalue weighted by Gasteiger charge is 2.25. The Balaban J connectivity index is 1.34. The normalized spacial score (nSPS) is 15.3. The number of hydrogen-bond acceptors (Lipinski definition) is 7. The van der Waals surface area contributed by atoms with Gasteiger partial charge in [0.25, 0.3) is 5.91 Å². The Labute approximate surface area is 208 Å². The van der Waals surface area contributed by atoms with Crippen molar-refractivity contribution < 1.29 is 9.90 Å². The molecule has 1 aromatic carbocycles. The summed E-state index contributed by atoms with van der Waals surface area (Å²) in [4.78, 5) is 23.7. The van der Waals surface area contributed by atoms with E-state index in [1.807, 2.05) is 61.5 Å². The van der Waals surface area contributed by atoms with E-state index in [0.717, 1.165) is 28.9 Å². The Bertz CT molecular complexity index is 1350. The number of carbonyl (C=O) groups is 1. The Hall–Kier alpha value is -3.56. The number of benzene rings is 1. The predicted octanol–water partition coefficient (Wildman–Crippen LogP) is 4.81. The van der Waals surface area contributed by atoms with Gasteiger partial charge in [-0.05, 0) is 62.9 Å². The van der Waals surface area contributed by atoms with Crippen LogP contribution < -0.4 is 10.2 Å². The van der Waals surface area contributed by atoms with E-state index in [4.69, 9.17) is 0 Å². The van der Waals surface area contributed by atoms with Gasteiger partial charge in [-0.25, -0.2) is 4.98 Å². The molecule has 0 aliphatic carbocycles. The number of thiazole rings is 1. The number of hydrogen-bond donors (Lipinski definition) is 2. The molecule has 1 aliphatic heterocycles. The zero-order chi connectivity index (χ0) is 24.5. The second kappa shape index (κ2) is 9.59. The molecular weight excluding hydrogens is 460 g/mol. The first kappa shape index (κ1) is 23.2. The number of pyridine rings is 1. The number of carbonyl (C=O) groups excluding carboxylic acids is 1. The minimum absolute atomic E-state index is 0.187. The average Bonchev–Trinajstić information content (AvgIpc) is 3.48. The van der Waals surface area contributed by atoms with Crippen LogP contribution in [0.15, 0.2) is 54.3 Å². The summed E-state index contributed by atoms with van der Waals surface area (Å²) in [5.74, 6) is -0.208. The zero-order valence-corrected chi connectivity index (χ0v) is 20.8. The average molecular weight is 489 g/mol. The third-order valence-electron chi connectivity index (χ3n) is 6.21. The van der Waals surface area contributed by atoms with Crippen molar-refractivity contribution in [2.45, 2.75) is 52.4 Å². The molecule has 0 saturated heterocycles. The fraction of sp³-hybridized carbons (Fsp3) is 0.308. The van der Waals surface area contributed by atoms with E-state index in [0.29, 0.717) is 29.4 Å². The summed E-state index contributed by atoms with van der Waals surface area (Å²) in [6.45, 7) is 6.49. The Morgan fingerprint density at radius 1 is 1.31 bits per heavy atom. The van der Waals surface area contributed by atoms with Crippen LogP contribution in [0.2, 0.25) is 0 Å². The van der Waals surface area contributed by atoms with Crippen LogP contribution in [-0.2, 0) is 13.0 Å². The number of nitrogens with zero attached hydrogens (tertiary/aromatic N) is 5. The molecule has 35 heavy (non-hydrogen) atoms. The van der Waals surface area contributed by atoms with Gasteiger partial charge in [0.15, 0.2) is 5.13 Å². The van der Waals surface area contributed by atoms with Gasteiger partial charge in [0.05, 0.1) is 17.0 Å². The Morgan fingerprint density at radius 2 is 2.17 bits per heavy atom. The molecule has 3 aromatic heterocycles. The van der Waals surface area contributed by atoms with E-state index < -0.39 is 6.23 Å². The highest BCUT2D eigenvalue weighted by Crippen LogP contribution is 2.35. The van der Waals surface area contributed by atoms with Gasteiger partial charge in [-0.1, -0.05) is 12.1 Å². The van der Waals surface area contributed by atoms with E-state index in [2.05, 4.69) is 26.4 Å². The number of fused-ring (bicyclic) bond motifs is 1. The fourth-order valence-corrected chi connectivity index (χ4v) is 5.02. The molecule has 1 atom stereocenters. The molecular formula is C26H28N6O2S. The van der Waals surface area contributed by atoms with E-state index >= 15 is 0 Å². The number of aliphatic hydroxyl groups is 1. The lowest BCUT2D eigenvalue weighted by atomic mass is 9.97. The van der Waals surface area contributed by atoms with Crippen molar-refractivity contribution >= 4 is 28.1 Å². The molecule has 1 amide bonds. The molecule has 0 spiro atoms. The molecule has 5 rings (SSSR count). The molecule has 4 aromatic rings. The fourth-order valence-electron chi connectivity index (χ4n) is 4.30. The molecule has 4 heterocycles. The minimum atomic E-state index is -0.529. The Morgan fingerprint density at radius 3 is 2.91 bits per heavy atom. The van der Waals surface area contributed by atoms with Crippen molar-refractivity contribution in [3.05, 3.63) is 76.7 Å². The van der Waals surface area contributed by atoms with Crippen LogP contribution in [0, 0.1) is 6.92 Å². The van der Waals surface area contributed by atoms with Gasteiger partial charge in [0, 0.05) is 47.8 Å². The number of amides is 1. The van der Waals surface area contributed by atoms with Gasteiger partial charge in [-0.15, -0.1) is 11.3 Å². The summed E-state index contributed by atoms with van der Waals surface area (Å²) in [6, 6.07) is 10.3. The second-order valence-electron chi connectivity index (χ2n) is 9.05. The largest absolute Gasteiger partial charge is 0.374 e. The monoisotopic (exact) mass is 488 g/mol. The van der Waals surface area contributed by atoms with Gasteiger partial charge in [-0.3, -0.25) is 19.8 Å². The molecule has 0 radical (unpaired) electrons. The molecule has 0 bridgehead atoms. The van der Waals surface area contributed by atoms with Crippen LogP contribution >= 0.6 is 11.3 Å². The highest BCUT2D eigenvalue weighted by molar-refractivity contribution is 7.14. The van der Waals surface area contributed by atoms with Crippen LogP contribution in [0.3, 0.4) is 0 Å². The first-order valence-corrected chi connectivity index (χ1v) is 12.6. The summed E-state index contributed by atoms with van der Waals surface area (Å²) in [6.07, 6.45) is 6.28. The maximum absolute atomic E-state index is 12.8. The lowest BCUT2D eigenvalue weighted by Gasteiger charge is -2.36. The maximum atomic E-state index is 12.8.